The van der Waals surface area contributed by atoms with Crippen molar-refractivity contribution in [3.63, 3.8) is 0 Å². The van der Waals surface area contributed by atoms with Gasteiger partial charge in [0.15, 0.2) is 0 Å². The van der Waals surface area contributed by atoms with Crippen LogP contribution in [0.25, 0.3) is 0 Å². The average Bonchev–Trinajstić information content (AvgIpc) is 2.45. The van der Waals surface area contributed by atoms with Gasteiger partial charge in [0.1, 0.15) is 12.4 Å². The highest BCUT2D eigenvalue weighted by atomic mass is 35.5. The van der Waals surface area contributed by atoms with E-state index in [-0.39, 0.29) is 24.8 Å². The van der Waals surface area contributed by atoms with Crippen LogP contribution in [0.2, 0.25) is 0 Å². The number of rotatable bonds is 6. The van der Waals surface area contributed by atoms with Gasteiger partial charge in [-0.25, -0.2) is 0 Å². The van der Waals surface area contributed by atoms with Gasteiger partial charge in [-0.15, -0.1) is 24.8 Å². The van der Waals surface area contributed by atoms with Crippen molar-refractivity contribution < 1.29 is 4.74 Å². The number of ether oxygens (including phenoxy) is 1. The zero-order valence-corrected chi connectivity index (χ0v) is 13.9. The second-order valence-electron chi connectivity index (χ2n) is 5.14. The monoisotopic (exact) mass is 341 g/mol. The summed E-state index contributed by atoms with van der Waals surface area (Å²) < 4.78 is 5.77. The molecule has 0 bridgehead atoms. The van der Waals surface area contributed by atoms with Crippen molar-refractivity contribution in [3.8, 4) is 5.75 Å². The summed E-state index contributed by atoms with van der Waals surface area (Å²) in [5, 5.41) is 3.33. The predicted molar refractivity (Wildman–Crippen MR) is 92.3 cm³/mol. The fourth-order valence-electron chi connectivity index (χ4n) is 2.21. The molecule has 2 aromatic rings. The topological polar surface area (TPSA) is 47.0 Å². The van der Waals surface area contributed by atoms with E-state index in [0.29, 0.717) is 6.04 Å². The third-order valence-electron chi connectivity index (χ3n) is 3.60. The molecule has 1 saturated heterocycles. The van der Waals surface area contributed by atoms with E-state index in [1.165, 1.54) is 17.5 Å². The van der Waals surface area contributed by atoms with Crippen LogP contribution in [0.15, 0.2) is 43.0 Å². The number of nitrogens with one attached hydrogen (secondary N) is 1. The molecule has 0 aliphatic carbocycles. The smallest absolute Gasteiger partial charge is 0.137 e. The van der Waals surface area contributed by atoms with Crippen LogP contribution in [0.1, 0.15) is 17.5 Å². The molecule has 0 saturated carbocycles. The van der Waals surface area contributed by atoms with E-state index >= 15 is 0 Å². The molecule has 0 aromatic carbocycles. The lowest BCUT2D eigenvalue weighted by atomic mass is 10.1. The molecule has 3 rings (SSSR count). The zero-order chi connectivity index (χ0) is 13.6. The van der Waals surface area contributed by atoms with Crippen LogP contribution in [0.3, 0.4) is 0 Å². The minimum absolute atomic E-state index is 0. The van der Waals surface area contributed by atoms with Crippen LogP contribution in [0, 0.1) is 0 Å². The highest BCUT2D eigenvalue weighted by Crippen LogP contribution is 2.15. The summed E-state index contributed by atoms with van der Waals surface area (Å²) in [6.45, 7) is 1.84. The van der Waals surface area contributed by atoms with Gasteiger partial charge < -0.3 is 10.1 Å². The van der Waals surface area contributed by atoms with Gasteiger partial charge in [0.25, 0.3) is 0 Å². The number of aromatic nitrogens is 2. The molecule has 1 N–H and O–H groups in total. The van der Waals surface area contributed by atoms with Crippen molar-refractivity contribution in [2.24, 2.45) is 0 Å². The van der Waals surface area contributed by atoms with E-state index in [4.69, 9.17) is 4.74 Å². The first-order chi connectivity index (χ1) is 9.90. The largest absolute Gasteiger partial charge is 0.490 e. The van der Waals surface area contributed by atoms with E-state index in [1.54, 1.807) is 6.20 Å². The fraction of sp³-hybridized carbons (Fsp3) is 0.375. The second-order valence-corrected chi connectivity index (χ2v) is 5.14. The molecule has 3 heterocycles. The molecule has 0 radical (unpaired) electrons. The Bertz CT molecular complexity index is 550. The lowest BCUT2D eigenvalue weighted by molar-refractivity contribution is 0.217. The quantitative estimate of drug-likeness (QED) is 0.877. The van der Waals surface area contributed by atoms with Crippen LogP contribution >= 0.6 is 24.8 Å². The summed E-state index contributed by atoms with van der Waals surface area (Å²) in [6.07, 6.45) is 10.5. The fourth-order valence-corrected chi connectivity index (χ4v) is 2.21. The number of nitrogens with zero attached hydrogens (tertiary/aromatic N) is 2. The van der Waals surface area contributed by atoms with Crippen LogP contribution in [-0.2, 0) is 12.8 Å². The molecule has 0 amide bonds. The minimum atomic E-state index is 0. The Morgan fingerprint density at radius 1 is 1.05 bits per heavy atom. The maximum atomic E-state index is 5.77. The van der Waals surface area contributed by atoms with Crippen molar-refractivity contribution in [3.05, 3.63) is 54.1 Å². The molecule has 2 aromatic heterocycles. The first-order valence-electron chi connectivity index (χ1n) is 7.09. The first-order valence-corrected chi connectivity index (χ1v) is 7.09. The lowest BCUT2D eigenvalue weighted by Crippen LogP contribution is -2.46. The molecule has 6 heteroatoms. The number of pyridine rings is 2. The summed E-state index contributed by atoms with van der Waals surface area (Å²) in [5.74, 6) is 0.867. The highest BCUT2D eigenvalue weighted by molar-refractivity contribution is 5.85. The van der Waals surface area contributed by atoms with Crippen LogP contribution in [0.4, 0.5) is 0 Å². The van der Waals surface area contributed by atoms with Gasteiger partial charge in [-0.1, -0.05) is 0 Å². The highest BCUT2D eigenvalue weighted by Gasteiger charge is 2.16. The van der Waals surface area contributed by atoms with Crippen molar-refractivity contribution >= 4 is 24.8 Å². The predicted octanol–water partition coefficient (Wildman–Crippen LogP) is 2.85. The molecule has 0 unspecified atom stereocenters. The summed E-state index contributed by atoms with van der Waals surface area (Å²) >= 11 is 0. The Balaban J connectivity index is 0.00000121. The van der Waals surface area contributed by atoms with E-state index in [0.717, 1.165) is 31.7 Å². The molecule has 120 valence electrons. The Kier molecular flexibility index (Phi) is 8.17. The molecular weight excluding hydrogens is 321 g/mol. The summed E-state index contributed by atoms with van der Waals surface area (Å²) in [7, 11) is 0. The van der Waals surface area contributed by atoms with Gasteiger partial charge in [0, 0.05) is 24.6 Å². The molecule has 0 spiro atoms. The number of halogens is 2. The third-order valence-corrected chi connectivity index (χ3v) is 3.60. The number of hydrogen-bond acceptors (Lipinski definition) is 4. The second kappa shape index (κ2) is 9.62. The standard InChI is InChI=1S/C16H19N3O.2ClH/c1(13-3-6-17-7-4-13)2-14-9-16(11-18-10-14)20-12-15-5-8-19-15;;/h3-4,6-7,9-11,15,19H,1-2,5,8,12H2;2*1H/t15-;;/m0../s1. The van der Waals surface area contributed by atoms with Crippen molar-refractivity contribution in [1.82, 2.24) is 15.3 Å². The van der Waals surface area contributed by atoms with E-state index in [1.807, 2.05) is 18.6 Å². The molecule has 22 heavy (non-hydrogen) atoms. The van der Waals surface area contributed by atoms with Gasteiger partial charge >= 0.3 is 0 Å². The first kappa shape index (κ1) is 18.7. The van der Waals surface area contributed by atoms with Gasteiger partial charge in [-0.3, -0.25) is 9.97 Å². The SMILES string of the molecule is Cl.Cl.c1cc(CCc2cncc(OC[C@@H]3CCN3)c2)ccn1. The Labute approximate surface area is 143 Å². The van der Waals surface area contributed by atoms with Gasteiger partial charge in [-0.2, -0.15) is 0 Å². The Morgan fingerprint density at radius 2 is 1.77 bits per heavy atom. The molecule has 1 aliphatic rings. The number of hydrogen-bond donors (Lipinski definition) is 1. The van der Waals surface area contributed by atoms with E-state index in [2.05, 4.69) is 33.5 Å². The normalized spacial score (nSPS) is 15.9. The van der Waals surface area contributed by atoms with E-state index in [9.17, 15) is 0 Å². The lowest BCUT2D eigenvalue weighted by Gasteiger charge is -2.27. The Hall–Kier alpha value is -1.36. The van der Waals surface area contributed by atoms with Crippen LogP contribution in [0.5, 0.6) is 5.75 Å². The summed E-state index contributed by atoms with van der Waals surface area (Å²) in [5.41, 5.74) is 2.51. The van der Waals surface area contributed by atoms with Gasteiger partial charge in [0.05, 0.1) is 6.20 Å². The summed E-state index contributed by atoms with van der Waals surface area (Å²) in [4.78, 5) is 8.29. The van der Waals surface area contributed by atoms with Crippen LogP contribution in [-0.4, -0.2) is 29.2 Å². The van der Waals surface area contributed by atoms with Crippen molar-refractivity contribution in [2.75, 3.05) is 13.2 Å². The maximum Gasteiger partial charge on any atom is 0.137 e. The Morgan fingerprint density at radius 3 is 2.45 bits per heavy atom. The van der Waals surface area contributed by atoms with Gasteiger partial charge in [0.2, 0.25) is 0 Å². The third kappa shape index (κ3) is 5.44. The molecule has 4 nitrogen and oxygen atoms in total. The van der Waals surface area contributed by atoms with Crippen LogP contribution < -0.4 is 10.1 Å². The maximum absolute atomic E-state index is 5.77. The molecule has 1 fully saturated rings. The molecular formula is C16H21Cl2N3O. The molecule has 1 atom stereocenters. The van der Waals surface area contributed by atoms with E-state index < -0.39 is 0 Å². The summed E-state index contributed by atoms with van der Waals surface area (Å²) in [6, 6.07) is 6.70. The minimum Gasteiger partial charge on any atom is -0.490 e. The molecule has 1 aliphatic heterocycles. The van der Waals surface area contributed by atoms with Gasteiger partial charge in [-0.05, 0) is 55.1 Å². The average molecular weight is 342 g/mol. The van der Waals surface area contributed by atoms with Crippen molar-refractivity contribution in [2.45, 2.75) is 25.3 Å². The zero-order valence-electron chi connectivity index (χ0n) is 12.3. The van der Waals surface area contributed by atoms with Crippen molar-refractivity contribution in [1.29, 1.82) is 0 Å². The number of aryl methyl sites for hydroxylation is 2.